The van der Waals surface area contributed by atoms with Crippen molar-refractivity contribution >= 4 is 16.9 Å². The van der Waals surface area contributed by atoms with Gasteiger partial charge in [0.05, 0.1) is 17.0 Å². The Morgan fingerprint density at radius 1 is 1.12 bits per heavy atom. The first-order chi connectivity index (χ1) is 11.4. The van der Waals surface area contributed by atoms with Crippen molar-refractivity contribution in [3.63, 3.8) is 0 Å². The van der Waals surface area contributed by atoms with E-state index in [1.54, 1.807) is 12.3 Å². The Kier molecular flexibility index (Phi) is 4.17. The Balaban J connectivity index is 1.98. The third-order valence-corrected chi connectivity index (χ3v) is 3.89. The van der Waals surface area contributed by atoms with Gasteiger partial charge in [0.1, 0.15) is 17.8 Å². The second-order valence-corrected chi connectivity index (χ2v) is 5.95. The fourth-order valence-corrected chi connectivity index (χ4v) is 2.68. The minimum Gasteiger partial charge on any atom is -0.362 e. The van der Waals surface area contributed by atoms with Gasteiger partial charge in [0, 0.05) is 6.20 Å². The molecule has 2 heterocycles. The second-order valence-electron chi connectivity index (χ2n) is 5.95. The molecule has 0 spiro atoms. The molecule has 0 radical (unpaired) electrons. The number of hydrogen-bond acceptors (Lipinski definition) is 3. The zero-order valence-electron chi connectivity index (χ0n) is 13.2. The lowest BCUT2D eigenvalue weighted by Crippen LogP contribution is -2.18. The van der Waals surface area contributed by atoms with Crippen molar-refractivity contribution in [1.29, 1.82) is 0 Å². The van der Waals surface area contributed by atoms with Gasteiger partial charge in [0.15, 0.2) is 0 Å². The molecular formula is C17H17F3N4. The number of benzene rings is 1. The van der Waals surface area contributed by atoms with E-state index in [2.05, 4.69) is 20.3 Å². The lowest BCUT2D eigenvalue weighted by atomic mass is 9.94. The first-order valence-corrected chi connectivity index (χ1v) is 7.58. The number of alkyl halides is 3. The van der Waals surface area contributed by atoms with Gasteiger partial charge in [0.2, 0.25) is 0 Å². The number of aromatic amines is 1. The van der Waals surface area contributed by atoms with E-state index in [1.165, 1.54) is 18.5 Å². The molecule has 126 valence electrons. The van der Waals surface area contributed by atoms with Crippen molar-refractivity contribution < 1.29 is 13.2 Å². The van der Waals surface area contributed by atoms with Crippen molar-refractivity contribution in [1.82, 2.24) is 15.0 Å². The molecule has 0 aliphatic rings. The number of H-pyrrole nitrogens is 1. The summed E-state index contributed by atoms with van der Waals surface area (Å²) in [5.41, 5.74) is 0.600. The maximum absolute atomic E-state index is 13.0. The lowest BCUT2D eigenvalue weighted by Gasteiger charge is -2.24. The highest BCUT2D eigenvalue weighted by molar-refractivity contribution is 5.86. The van der Waals surface area contributed by atoms with Gasteiger partial charge in [-0.1, -0.05) is 26.0 Å². The predicted molar refractivity (Wildman–Crippen MR) is 86.5 cm³/mol. The first-order valence-electron chi connectivity index (χ1n) is 7.58. The van der Waals surface area contributed by atoms with Gasteiger partial charge in [-0.25, -0.2) is 9.97 Å². The quantitative estimate of drug-likeness (QED) is 0.721. The normalized spacial score (nSPS) is 13.4. The molecule has 0 aliphatic heterocycles. The molecule has 1 atom stereocenters. The van der Waals surface area contributed by atoms with E-state index >= 15 is 0 Å². The molecule has 3 aromatic rings. The molecule has 2 aromatic heterocycles. The van der Waals surface area contributed by atoms with Crippen LogP contribution in [0.15, 0.2) is 42.9 Å². The van der Waals surface area contributed by atoms with Gasteiger partial charge in [-0.3, -0.25) is 0 Å². The van der Waals surface area contributed by atoms with E-state index < -0.39 is 11.7 Å². The Morgan fingerprint density at radius 3 is 2.62 bits per heavy atom. The van der Waals surface area contributed by atoms with Gasteiger partial charge >= 0.3 is 6.18 Å². The minimum absolute atomic E-state index is 0.0671. The molecule has 7 heteroatoms. The van der Waals surface area contributed by atoms with Crippen LogP contribution in [0.5, 0.6) is 0 Å². The van der Waals surface area contributed by atoms with Gasteiger partial charge in [-0.15, -0.1) is 0 Å². The van der Waals surface area contributed by atoms with Crippen molar-refractivity contribution in [2.24, 2.45) is 5.92 Å². The van der Waals surface area contributed by atoms with Crippen LogP contribution in [-0.2, 0) is 6.18 Å². The zero-order valence-corrected chi connectivity index (χ0v) is 13.2. The molecule has 0 bridgehead atoms. The predicted octanol–water partition coefficient (Wildman–Crippen LogP) is 4.79. The van der Waals surface area contributed by atoms with Crippen LogP contribution in [0.1, 0.15) is 31.0 Å². The van der Waals surface area contributed by atoms with E-state index in [-0.39, 0.29) is 12.0 Å². The topological polar surface area (TPSA) is 53.6 Å². The van der Waals surface area contributed by atoms with Crippen LogP contribution < -0.4 is 5.32 Å². The number of rotatable bonds is 4. The van der Waals surface area contributed by atoms with Gasteiger partial charge in [-0.2, -0.15) is 13.2 Å². The molecule has 0 saturated carbocycles. The maximum atomic E-state index is 13.0. The summed E-state index contributed by atoms with van der Waals surface area (Å²) in [7, 11) is 0. The van der Waals surface area contributed by atoms with Crippen LogP contribution in [0.3, 0.4) is 0 Å². The third-order valence-electron chi connectivity index (χ3n) is 3.89. The summed E-state index contributed by atoms with van der Waals surface area (Å²) in [6.45, 7) is 3.90. The Bertz CT molecular complexity index is 839. The van der Waals surface area contributed by atoms with Crippen LogP contribution in [-0.4, -0.2) is 15.0 Å². The summed E-state index contributed by atoms with van der Waals surface area (Å²) in [6, 6.07) is 6.92. The molecule has 2 N–H and O–H groups in total. The molecule has 3 rings (SSSR count). The molecule has 0 amide bonds. The van der Waals surface area contributed by atoms with Crippen LogP contribution >= 0.6 is 0 Å². The number of fused-ring (bicyclic) bond motifs is 1. The minimum atomic E-state index is -4.36. The zero-order chi connectivity index (χ0) is 17.3. The summed E-state index contributed by atoms with van der Waals surface area (Å²) in [6.07, 6.45) is -1.19. The monoisotopic (exact) mass is 334 g/mol. The summed E-state index contributed by atoms with van der Waals surface area (Å²) in [5.74, 6) is 0.662. The van der Waals surface area contributed by atoms with Crippen molar-refractivity contribution in [3.05, 3.63) is 54.0 Å². The Morgan fingerprint density at radius 2 is 1.92 bits per heavy atom. The third kappa shape index (κ3) is 3.20. The number of nitrogens with zero attached hydrogens (tertiary/aromatic N) is 2. The van der Waals surface area contributed by atoms with Gasteiger partial charge in [-0.05, 0) is 29.7 Å². The summed E-state index contributed by atoms with van der Waals surface area (Å²) in [5, 5.41) is 4.07. The highest BCUT2D eigenvalue weighted by Gasteiger charge is 2.31. The van der Waals surface area contributed by atoms with Crippen LogP contribution in [0.2, 0.25) is 0 Å². The average molecular weight is 334 g/mol. The largest absolute Gasteiger partial charge is 0.416 e. The molecule has 0 fully saturated rings. The van der Waals surface area contributed by atoms with E-state index in [0.29, 0.717) is 17.0 Å². The number of anilines is 1. The van der Waals surface area contributed by atoms with Gasteiger partial charge < -0.3 is 10.3 Å². The highest BCUT2D eigenvalue weighted by atomic mass is 19.4. The Hall–Kier alpha value is -2.57. The molecule has 0 aliphatic carbocycles. The van der Waals surface area contributed by atoms with Crippen LogP contribution in [0.25, 0.3) is 11.0 Å². The van der Waals surface area contributed by atoms with E-state index in [0.717, 1.165) is 11.5 Å². The van der Waals surface area contributed by atoms with Crippen molar-refractivity contribution in [3.8, 4) is 0 Å². The van der Waals surface area contributed by atoms with Crippen molar-refractivity contribution in [2.45, 2.75) is 26.1 Å². The highest BCUT2D eigenvalue weighted by Crippen LogP contribution is 2.34. The smallest absolute Gasteiger partial charge is 0.362 e. The fourth-order valence-electron chi connectivity index (χ4n) is 2.68. The van der Waals surface area contributed by atoms with E-state index in [1.807, 2.05) is 19.9 Å². The Labute approximate surface area is 137 Å². The molecule has 4 nitrogen and oxygen atoms in total. The van der Waals surface area contributed by atoms with Crippen LogP contribution in [0, 0.1) is 5.92 Å². The summed E-state index contributed by atoms with van der Waals surface area (Å²) >= 11 is 0. The SMILES string of the molecule is CC(C)[C@@H](Nc1ncnc2[nH]ccc12)c1cccc(C(F)(F)F)c1. The molecule has 0 saturated heterocycles. The van der Waals surface area contributed by atoms with Crippen molar-refractivity contribution in [2.75, 3.05) is 5.32 Å². The molecule has 24 heavy (non-hydrogen) atoms. The first kappa shape index (κ1) is 16.3. The second kappa shape index (κ2) is 6.14. The number of aromatic nitrogens is 3. The number of nitrogens with one attached hydrogen (secondary N) is 2. The van der Waals surface area contributed by atoms with E-state index in [4.69, 9.17) is 0 Å². The lowest BCUT2D eigenvalue weighted by molar-refractivity contribution is -0.137. The molecular weight excluding hydrogens is 317 g/mol. The fraction of sp³-hybridized carbons (Fsp3) is 0.294. The maximum Gasteiger partial charge on any atom is 0.416 e. The summed E-state index contributed by atoms with van der Waals surface area (Å²) < 4.78 is 38.9. The summed E-state index contributed by atoms with van der Waals surface area (Å²) in [4.78, 5) is 11.3. The average Bonchev–Trinajstić information content (AvgIpc) is 3.01. The number of hydrogen-bond donors (Lipinski definition) is 2. The standard InChI is InChI=1S/C17H17F3N4/c1-10(2)14(11-4-3-5-12(8-11)17(18,19)20)24-16-13-6-7-21-15(13)22-9-23-16/h3-10,14H,1-2H3,(H2,21,22,23,24)/t14-/m1/s1. The molecule has 1 aromatic carbocycles. The number of halogens is 3. The van der Waals surface area contributed by atoms with E-state index in [9.17, 15) is 13.2 Å². The molecule has 0 unspecified atom stereocenters. The van der Waals surface area contributed by atoms with Gasteiger partial charge in [0.25, 0.3) is 0 Å². The van der Waals surface area contributed by atoms with Crippen LogP contribution in [0.4, 0.5) is 19.0 Å².